The molecule has 1 heterocycles. The highest BCUT2D eigenvalue weighted by atomic mass is 16.6. The summed E-state index contributed by atoms with van der Waals surface area (Å²) in [6.45, 7) is 9.90. The van der Waals surface area contributed by atoms with E-state index in [9.17, 15) is 33.9 Å². The second kappa shape index (κ2) is 18.6. The zero-order valence-corrected chi connectivity index (χ0v) is 28.0. The van der Waals surface area contributed by atoms with Gasteiger partial charge in [0.2, 0.25) is 23.6 Å². The number of aliphatic hydroxyl groups excluding tert-OH is 1. The van der Waals surface area contributed by atoms with Crippen molar-refractivity contribution in [2.24, 2.45) is 11.8 Å². The van der Waals surface area contributed by atoms with E-state index in [0.29, 0.717) is 13.0 Å². The Bertz CT molecular complexity index is 1260. The molecule has 0 bridgehead atoms. The van der Waals surface area contributed by atoms with Crippen LogP contribution in [-0.4, -0.2) is 90.3 Å². The van der Waals surface area contributed by atoms with Gasteiger partial charge in [0, 0.05) is 31.0 Å². The van der Waals surface area contributed by atoms with Crippen molar-refractivity contribution in [2.45, 2.75) is 90.6 Å². The molecule has 0 aliphatic carbocycles. The minimum Gasteiger partial charge on any atom is -0.463 e. The molecule has 47 heavy (non-hydrogen) atoms. The quantitative estimate of drug-likeness (QED) is 0.110. The molecule has 6 N–H and O–H groups in total. The molecule has 1 aliphatic rings. The van der Waals surface area contributed by atoms with Gasteiger partial charge in [-0.3, -0.25) is 19.2 Å². The number of hydrogen-bond acceptors (Lipinski definition) is 9. The first-order valence-corrected chi connectivity index (χ1v) is 15.8. The van der Waals surface area contributed by atoms with Crippen molar-refractivity contribution in [3.05, 3.63) is 48.0 Å². The Morgan fingerprint density at radius 1 is 0.979 bits per heavy atom. The van der Waals surface area contributed by atoms with Crippen molar-refractivity contribution in [2.75, 3.05) is 19.8 Å². The van der Waals surface area contributed by atoms with Gasteiger partial charge in [-0.05, 0) is 52.0 Å². The number of carbonyl (C=O) groups is 6. The fourth-order valence-electron chi connectivity index (χ4n) is 4.78. The Morgan fingerprint density at radius 2 is 1.64 bits per heavy atom. The lowest BCUT2D eigenvalue weighted by Crippen LogP contribution is -2.59. The van der Waals surface area contributed by atoms with E-state index in [2.05, 4.69) is 26.6 Å². The van der Waals surface area contributed by atoms with Gasteiger partial charge in [0.25, 0.3) is 0 Å². The molecule has 1 aliphatic heterocycles. The summed E-state index contributed by atoms with van der Waals surface area (Å²) in [7, 11) is 0. The number of alkyl carbamates (subject to hydrolysis) is 1. The van der Waals surface area contributed by atoms with Gasteiger partial charge in [0.1, 0.15) is 23.7 Å². The van der Waals surface area contributed by atoms with Crippen LogP contribution in [0.3, 0.4) is 0 Å². The normalized spacial score (nSPS) is 17.2. The second-order valence-corrected chi connectivity index (χ2v) is 12.6. The average Bonchev–Trinajstić information content (AvgIpc) is 3.40. The molecule has 5 amide bonds. The van der Waals surface area contributed by atoms with E-state index in [4.69, 9.17) is 9.47 Å². The zero-order valence-electron chi connectivity index (χ0n) is 28.0. The first-order chi connectivity index (χ1) is 22.1. The maximum Gasteiger partial charge on any atom is 0.408 e. The number of nitrogens with one attached hydrogen (secondary N) is 5. The maximum absolute atomic E-state index is 13.8. The average molecular weight is 660 g/mol. The van der Waals surface area contributed by atoms with Crippen LogP contribution in [-0.2, 0) is 39.9 Å². The summed E-state index contributed by atoms with van der Waals surface area (Å²) in [6, 6.07) is 4.58. The Hall–Kier alpha value is -4.46. The van der Waals surface area contributed by atoms with E-state index in [-0.39, 0.29) is 31.3 Å². The van der Waals surface area contributed by atoms with Gasteiger partial charge in [-0.15, -0.1) is 0 Å². The van der Waals surface area contributed by atoms with Crippen LogP contribution in [0.1, 0.15) is 59.9 Å². The molecule has 0 radical (unpaired) electrons. The van der Waals surface area contributed by atoms with Crippen molar-refractivity contribution in [1.82, 2.24) is 26.6 Å². The van der Waals surface area contributed by atoms with E-state index < -0.39 is 72.1 Å². The van der Waals surface area contributed by atoms with Crippen molar-refractivity contribution >= 4 is 35.7 Å². The minimum absolute atomic E-state index is 0.0921. The van der Waals surface area contributed by atoms with Gasteiger partial charge in [0.05, 0.1) is 13.2 Å². The predicted molar refractivity (Wildman–Crippen MR) is 173 cm³/mol. The molecule has 0 saturated carbocycles. The molecule has 0 unspecified atom stereocenters. The largest absolute Gasteiger partial charge is 0.463 e. The Balaban J connectivity index is 2.27. The zero-order chi connectivity index (χ0) is 35.1. The third-order valence-corrected chi connectivity index (χ3v) is 7.13. The summed E-state index contributed by atoms with van der Waals surface area (Å²) in [5.74, 6) is -3.67. The van der Waals surface area contributed by atoms with Gasteiger partial charge < -0.3 is 41.2 Å². The fraction of sp³-hybridized carbons (Fsp3) is 0.576. The number of benzene rings is 1. The van der Waals surface area contributed by atoms with E-state index in [1.54, 1.807) is 65.8 Å². The van der Waals surface area contributed by atoms with Crippen LogP contribution in [0, 0.1) is 11.8 Å². The minimum atomic E-state index is -1.40. The molecule has 260 valence electrons. The first kappa shape index (κ1) is 38.7. The van der Waals surface area contributed by atoms with Crippen LogP contribution < -0.4 is 26.6 Å². The summed E-state index contributed by atoms with van der Waals surface area (Å²) < 4.78 is 10.1. The summed E-state index contributed by atoms with van der Waals surface area (Å²) in [6.07, 6.45) is 2.62. The Kier molecular flexibility index (Phi) is 15.3. The van der Waals surface area contributed by atoms with Crippen LogP contribution in [0.25, 0.3) is 0 Å². The Morgan fingerprint density at radius 3 is 2.19 bits per heavy atom. The van der Waals surface area contributed by atoms with Crippen LogP contribution in [0.5, 0.6) is 0 Å². The first-order valence-electron chi connectivity index (χ1n) is 15.8. The van der Waals surface area contributed by atoms with Crippen LogP contribution >= 0.6 is 0 Å². The standard InChI is InChI=1S/C33H49N5O9/c1-7-46-26(40)14-13-23(18-22-15-16-34-28(22)41)35-29(42)24(17-21-11-9-8-10-12-21)36-31(44)27(20(2)3)38-30(43)25(19-39)37-32(45)47-33(4,5)6/h8-14,20,22-25,27,39H,7,15-19H2,1-6H3,(H,34,41)(H,35,42)(H,36,44)(H,37,45)(H,38,43)/b14-13-/t22-,23-,24+,25+,27+/m0/s1. The van der Waals surface area contributed by atoms with E-state index >= 15 is 0 Å². The summed E-state index contributed by atoms with van der Waals surface area (Å²) in [5.41, 5.74) is -0.0966. The number of esters is 1. The van der Waals surface area contributed by atoms with Crippen molar-refractivity contribution in [1.29, 1.82) is 0 Å². The fourth-order valence-corrected chi connectivity index (χ4v) is 4.78. The maximum atomic E-state index is 13.8. The molecule has 14 nitrogen and oxygen atoms in total. The van der Waals surface area contributed by atoms with Crippen LogP contribution in [0.15, 0.2) is 42.5 Å². The molecule has 1 aromatic carbocycles. The molecule has 0 aromatic heterocycles. The highest BCUT2D eigenvalue weighted by Gasteiger charge is 2.33. The molecular formula is C33H49N5O9. The summed E-state index contributed by atoms with van der Waals surface area (Å²) in [4.78, 5) is 77.0. The number of rotatable bonds is 16. The van der Waals surface area contributed by atoms with Gasteiger partial charge in [-0.2, -0.15) is 0 Å². The Labute approximate surface area is 275 Å². The molecule has 2 rings (SSSR count). The number of amides is 5. The SMILES string of the molecule is CCOC(=O)/C=C\[C@@H](C[C@@H]1CCNC1=O)NC(=O)[C@@H](Cc1ccccc1)NC(=O)[C@H](NC(=O)[C@@H](CO)NC(=O)OC(C)(C)C)C(C)C. The van der Waals surface area contributed by atoms with Crippen LogP contribution in [0.2, 0.25) is 0 Å². The summed E-state index contributed by atoms with van der Waals surface area (Å²) >= 11 is 0. The van der Waals surface area contributed by atoms with Crippen LogP contribution in [0.4, 0.5) is 4.79 Å². The third kappa shape index (κ3) is 13.8. The second-order valence-electron chi connectivity index (χ2n) is 12.6. The van der Waals surface area contributed by atoms with E-state index in [1.165, 1.54) is 12.2 Å². The number of carbonyl (C=O) groups excluding carboxylic acids is 6. The number of aliphatic hydroxyl groups is 1. The monoisotopic (exact) mass is 659 g/mol. The van der Waals surface area contributed by atoms with Gasteiger partial charge in [-0.1, -0.05) is 50.3 Å². The van der Waals surface area contributed by atoms with Crippen molar-refractivity contribution in [3.63, 3.8) is 0 Å². The van der Waals surface area contributed by atoms with Gasteiger partial charge in [-0.25, -0.2) is 9.59 Å². The number of hydrogen-bond donors (Lipinski definition) is 6. The molecular weight excluding hydrogens is 610 g/mol. The van der Waals surface area contributed by atoms with Crippen molar-refractivity contribution in [3.8, 4) is 0 Å². The van der Waals surface area contributed by atoms with E-state index in [0.717, 1.165) is 5.56 Å². The van der Waals surface area contributed by atoms with Gasteiger partial charge >= 0.3 is 12.1 Å². The number of ether oxygens (including phenoxy) is 2. The highest BCUT2D eigenvalue weighted by molar-refractivity contribution is 5.94. The third-order valence-electron chi connectivity index (χ3n) is 7.13. The molecule has 1 fully saturated rings. The van der Waals surface area contributed by atoms with E-state index in [1.807, 2.05) is 6.07 Å². The summed E-state index contributed by atoms with van der Waals surface area (Å²) in [5, 5.41) is 23.0. The lowest BCUT2D eigenvalue weighted by Gasteiger charge is -2.28. The molecule has 1 saturated heterocycles. The van der Waals surface area contributed by atoms with Crippen molar-refractivity contribution < 1.29 is 43.3 Å². The highest BCUT2D eigenvalue weighted by Crippen LogP contribution is 2.17. The molecule has 5 atom stereocenters. The lowest BCUT2D eigenvalue weighted by atomic mass is 9.97. The molecule has 14 heteroatoms. The molecule has 0 spiro atoms. The predicted octanol–water partition coefficient (Wildman–Crippen LogP) is 0.871. The smallest absolute Gasteiger partial charge is 0.408 e. The van der Waals surface area contributed by atoms with Gasteiger partial charge in [0.15, 0.2) is 0 Å². The molecule has 1 aromatic rings. The topological polar surface area (TPSA) is 201 Å². The lowest BCUT2D eigenvalue weighted by molar-refractivity contribution is -0.137.